The van der Waals surface area contributed by atoms with Crippen LogP contribution in [0.1, 0.15) is 80.6 Å². The largest absolute Gasteiger partial charge is 0.481 e. The number of carboxylic acids is 1. The van der Waals surface area contributed by atoms with E-state index >= 15 is 0 Å². The first-order valence-corrected chi connectivity index (χ1v) is 13.8. The second-order valence-corrected chi connectivity index (χ2v) is 13.8. The third kappa shape index (κ3) is 3.74. The van der Waals surface area contributed by atoms with Gasteiger partial charge in [0.15, 0.2) is 11.6 Å². The summed E-state index contributed by atoms with van der Waals surface area (Å²) in [6, 6.07) is 0. The predicted molar refractivity (Wildman–Crippen MR) is 140 cm³/mol. The molecule has 0 amide bonds. The summed E-state index contributed by atoms with van der Waals surface area (Å²) >= 11 is 0. The van der Waals surface area contributed by atoms with Crippen molar-refractivity contribution in [2.24, 2.45) is 39.4 Å². The molecule has 0 aromatic carbocycles. The Balaban J connectivity index is 1.80. The zero-order chi connectivity index (χ0) is 28.7. The van der Waals surface area contributed by atoms with E-state index in [2.05, 4.69) is 6.92 Å². The Kier molecular flexibility index (Phi) is 6.96. The summed E-state index contributed by atoms with van der Waals surface area (Å²) < 4.78 is 0. The molecule has 0 aromatic rings. The highest BCUT2D eigenvalue weighted by Crippen LogP contribution is 2.71. The summed E-state index contributed by atoms with van der Waals surface area (Å²) in [5, 5.41) is 53.4. The number of Topliss-reactive ketones (excluding diaryl/α,β-unsaturated/α-hetero) is 1. The first kappa shape index (κ1) is 29.1. The smallest absolute Gasteiger partial charge is 0.309 e. The Morgan fingerprint density at radius 2 is 1.63 bits per heavy atom. The van der Waals surface area contributed by atoms with Crippen molar-refractivity contribution in [2.75, 3.05) is 0 Å². The summed E-state index contributed by atoms with van der Waals surface area (Å²) in [5.74, 6) is -3.82. The number of carbonyl (C=O) groups is 3. The van der Waals surface area contributed by atoms with Gasteiger partial charge in [-0.25, -0.2) is 0 Å². The number of fused-ring (bicyclic) bond motifs is 4. The second kappa shape index (κ2) is 9.08. The molecule has 0 aliphatic heterocycles. The number of rotatable bonds is 5. The lowest BCUT2D eigenvalue weighted by atomic mass is 9.42. The Labute approximate surface area is 224 Å². The first-order valence-electron chi connectivity index (χ1n) is 13.8. The number of allylic oxidation sites excluding steroid dienone is 2. The number of aliphatic hydroxyl groups is 4. The van der Waals surface area contributed by atoms with Gasteiger partial charge in [-0.3, -0.25) is 14.4 Å². The van der Waals surface area contributed by atoms with Crippen LogP contribution in [0.4, 0.5) is 0 Å². The van der Waals surface area contributed by atoms with Gasteiger partial charge in [-0.1, -0.05) is 40.2 Å². The van der Waals surface area contributed by atoms with Crippen LogP contribution < -0.4 is 0 Å². The summed E-state index contributed by atoms with van der Waals surface area (Å²) in [7, 11) is 0. The average Bonchev–Trinajstić information content (AvgIpc) is 3.03. The van der Waals surface area contributed by atoms with E-state index in [9.17, 15) is 39.9 Å². The molecule has 0 radical (unpaired) electrons. The highest BCUT2D eigenvalue weighted by Gasteiger charge is 2.69. The number of ketones is 2. The van der Waals surface area contributed by atoms with E-state index in [1.54, 1.807) is 6.92 Å². The lowest BCUT2D eigenvalue weighted by Crippen LogP contribution is -2.60. The number of hydrogen-bond donors (Lipinski definition) is 5. The second-order valence-electron chi connectivity index (χ2n) is 13.8. The van der Waals surface area contributed by atoms with Crippen molar-refractivity contribution in [3.05, 3.63) is 22.8 Å². The maximum atomic E-state index is 14.1. The van der Waals surface area contributed by atoms with Gasteiger partial charge in [-0.05, 0) is 79.3 Å². The van der Waals surface area contributed by atoms with E-state index in [1.165, 1.54) is 13.0 Å². The normalized spacial score (nSPS) is 44.1. The molecule has 0 spiro atoms. The Bertz CT molecular complexity index is 1120. The molecule has 4 aliphatic rings. The molecule has 212 valence electrons. The van der Waals surface area contributed by atoms with Crippen LogP contribution in [-0.4, -0.2) is 67.5 Å². The molecule has 10 unspecified atom stereocenters. The Hall–Kier alpha value is -1.87. The molecule has 8 nitrogen and oxygen atoms in total. The average molecular weight is 533 g/mol. The maximum Gasteiger partial charge on any atom is 0.309 e. The minimum Gasteiger partial charge on any atom is -0.481 e. The fraction of sp³-hybridized carbons (Fsp3) is 0.767. The van der Waals surface area contributed by atoms with Crippen molar-refractivity contribution in [1.29, 1.82) is 0 Å². The van der Waals surface area contributed by atoms with Crippen LogP contribution in [0.25, 0.3) is 0 Å². The molecule has 4 rings (SSSR count). The predicted octanol–water partition coefficient (Wildman–Crippen LogP) is 2.81. The van der Waals surface area contributed by atoms with E-state index in [0.717, 1.165) is 0 Å². The molecule has 0 saturated heterocycles. The minimum atomic E-state index is -1.70. The van der Waals surface area contributed by atoms with Crippen molar-refractivity contribution in [1.82, 2.24) is 0 Å². The van der Waals surface area contributed by atoms with Crippen molar-refractivity contribution in [3.63, 3.8) is 0 Å². The molecule has 8 heteroatoms. The highest BCUT2D eigenvalue weighted by atomic mass is 16.4. The molecule has 38 heavy (non-hydrogen) atoms. The molecule has 5 N–H and O–H groups in total. The molecule has 0 heterocycles. The highest BCUT2D eigenvalue weighted by molar-refractivity contribution is 6.00. The summed E-state index contributed by atoms with van der Waals surface area (Å²) in [4.78, 5) is 38.1. The molecule has 0 aromatic heterocycles. The van der Waals surface area contributed by atoms with Crippen molar-refractivity contribution in [3.8, 4) is 0 Å². The molecular formula is C30H44O8. The van der Waals surface area contributed by atoms with E-state index in [4.69, 9.17) is 0 Å². The quantitative estimate of drug-likeness (QED) is 0.339. The molecule has 0 bridgehead atoms. The van der Waals surface area contributed by atoms with E-state index in [1.807, 2.05) is 27.7 Å². The fourth-order valence-corrected chi connectivity index (χ4v) is 8.95. The van der Waals surface area contributed by atoms with Gasteiger partial charge in [0.2, 0.25) is 0 Å². The maximum absolute atomic E-state index is 14.1. The van der Waals surface area contributed by atoms with Gasteiger partial charge >= 0.3 is 5.97 Å². The molecule has 2 saturated carbocycles. The van der Waals surface area contributed by atoms with E-state index in [0.29, 0.717) is 36.0 Å². The molecule has 10 atom stereocenters. The molecule has 4 aliphatic carbocycles. The van der Waals surface area contributed by atoms with E-state index in [-0.39, 0.29) is 30.5 Å². The summed E-state index contributed by atoms with van der Waals surface area (Å²) in [6.07, 6.45) is -0.816. The van der Waals surface area contributed by atoms with Crippen LogP contribution >= 0.6 is 0 Å². The molecular weight excluding hydrogens is 488 g/mol. The van der Waals surface area contributed by atoms with Crippen LogP contribution in [0.5, 0.6) is 0 Å². The molecule has 2 fully saturated rings. The third-order valence-electron chi connectivity index (χ3n) is 11.6. The van der Waals surface area contributed by atoms with Crippen molar-refractivity contribution >= 4 is 17.5 Å². The van der Waals surface area contributed by atoms with Crippen LogP contribution in [-0.2, 0) is 14.4 Å². The number of carboxylic acid groups (broad SMARTS) is 1. The van der Waals surface area contributed by atoms with Gasteiger partial charge in [0, 0.05) is 17.4 Å². The number of hydrogen-bond acceptors (Lipinski definition) is 7. The topological polar surface area (TPSA) is 152 Å². The van der Waals surface area contributed by atoms with Crippen LogP contribution in [0.3, 0.4) is 0 Å². The van der Waals surface area contributed by atoms with E-state index < -0.39 is 63.7 Å². The zero-order valence-corrected chi connectivity index (χ0v) is 23.6. The first-order chi connectivity index (χ1) is 17.4. The van der Waals surface area contributed by atoms with Crippen molar-refractivity contribution < 1.29 is 39.9 Å². The fourth-order valence-electron chi connectivity index (χ4n) is 8.95. The van der Waals surface area contributed by atoms with Gasteiger partial charge in [-0.15, -0.1) is 0 Å². The summed E-state index contributed by atoms with van der Waals surface area (Å²) in [6.45, 7) is 12.9. The van der Waals surface area contributed by atoms with Gasteiger partial charge in [0.05, 0.1) is 24.2 Å². The Morgan fingerprint density at radius 3 is 2.21 bits per heavy atom. The van der Waals surface area contributed by atoms with Gasteiger partial charge in [-0.2, -0.15) is 0 Å². The van der Waals surface area contributed by atoms with Crippen LogP contribution in [0.2, 0.25) is 0 Å². The lowest BCUT2D eigenvalue weighted by molar-refractivity contribution is -0.148. The SMILES string of the molecule is CC(=CC(=O)C(O)C(C)C(=O)O)C1CC(O)C2(C)C3=C(C(=O)CC12C)C1(C)CCC(O)C(C)(C)C1CC3O. The van der Waals surface area contributed by atoms with Gasteiger partial charge in [0.25, 0.3) is 0 Å². The minimum absolute atomic E-state index is 0.0591. The monoisotopic (exact) mass is 532 g/mol. The van der Waals surface area contributed by atoms with Gasteiger partial charge in [0.1, 0.15) is 6.10 Å². The summed E-state index contributed by atoms with van der Waals surface area (Å²) in [5.41, 5.74) is -0.960. The van der Waals surface area contributed by atoms with Crippen LogP contribution in [0, 0.1) is 39.4 Å². The number of aliphatic carboxylic acids is 1. The zero-order valence-electron chi connectivity index (χ0n) is 23.6. The van der Waals surface area contributed by atoms with Crippen LogP contribution in [0.15, 0.2) is 22.8 Å². The number of aliphatic hydroxyl groups excluding tert-OH is 4. The third-order valence-corrected chi connectivity index (χ3v) is 11.6. The standard InChI is InChI=1S/C30H44O8/c1-14(10-18(32)25(36)15(2)26(37)38)16-11-22(35)30(7)24-17(31)12-20-27(3,4)21(34)8-9-28(20,5)23(24)19(33)13-29(16,30)6/h10,15-17,20-22,25,31,34-36H,8-9,11-13H2,1-7H3,(H,37,38). The van der Waals surface area contributed by atoms with Crippen molar-refractivity contribution in [2.45, 2.75) is 105 Å². The number of carbonyl (C=O) groups excluding carboxylic acids is 2. The van der Waals surface area contributed by atoms with Gasteiger partial charge < -0.3 is 25.5 Å². The lowest BCUT2D eigenvalue weighted by Gasteiger charge is -2.62. The Morgan fingerprint density at radius 1 is 1.03 bits per heavy atom.